The molecule has 4 heterocycles. The summed E-state index contributed by atoms with van der Waals surface area (Å²) in [5, 5.41) is 3.69. The number of halogens is 1. The molecular formula is C25H23FN4O2S. The minimum Gasteiger partial charge on any atom is -0.361 e. The Labute approximate surface area is 192 Å². The smallest absolute Gasteiger partial charge is 0.175 e. The van der Waals surface area contributed by atoms with Gasteiger partial charge in [0.2, 0.25) is 0 Å². The molecule has 8 heteroatoms. The largest absolute Gasteiger partial charge is 0.361 e. The predicted molar refractivity (Wildman–Crippen MR) is 124 cm³/mol. The third-order valence-corrected chi connectivity index (χ3v) is 8.10. The fourth-order valence-corrected chi connectivity index (χ4v) is 6.09. The van der Waals surface area contributed by atoms with Crippen LogP contribution in [0.25, 0.3) is 22.7 Å². The van der Waals surface area contributed by atoms with Crippen LogP contribution in [-0.2, 0) is 9.84 Å². The molecule has 1 N–H and O–H groups in total. The molecule has 2 aliphatic heterocycles. The Balaban J connectivity index is 1.45. The van der Waals surface area contributed by atoms with Crippen molar-refractivity contribution in [2.24, 2.45) is 5.92 Å². The number of hydrogen-bond acceptors (Lipinski definition) is 6. The van der Waals surface area contributed by atoms with Gasteiger partial charge in [0, 0.05) is 29.6 Å². The molecule has 1 saturated heterocycles. The van der Waals surface area contributed by atoms with Crippen LogP contribution >= 0.6 is 0 Å². The molecule has 1 saturated carbocycles. The summed E-state index contributed by atoms with van der Waals surface area (Å²) in [6, 6.07) is 14.4. The van der Waals surface area contributed by atoms with Gasteiger partial charge in [-0.3, -0.25) is 9.97 Å². The van der Waals surface area contributed by atoms with Gasteiger partial charge in [0.15, 0.2) is 9.84 Å². The van der Waals surface area contributed by atoms with Crippen LogP contribution in [0.1, 0.15) is 30.5 Å². The Kier molecular flexibility index (Phi) is 4.55. The number of nitrogens with one attached hydrogen (secondary N) is 1. The lowest BCUT2D eigenvalue weighted by Gasteiger charge is -2.33. The number of pyridine rings is 2. The highest BCUT2D eigenvalue weighted by Gasteiger charge is 2.51. The molecular weight excluding hydrogens is 439 g/mol. The van der Waals surface area contributed by atoms with E-state index in [-0.39, 0.29) is 16.9 Å². The van der Waals surface area contributed by atoms with E-state index in [9.17, 15) is 12.8 Å². The fourth-order valence-electron chi connectivity index (χ4n) is 5.46. The summed E-state index contributed by atoms with van der Waals surface area (Å²) < 4.78 is 37.2. The lowest BCUT2D eigenvalue weighted by Crippen LogP contribution is -2.41. The molecule has 2 bridgehead atoms. The second kappa shape index (κ2) is 7.38. The summed E-state index contributed by atoms with van der Waals surface area (Å²) in [7, 11) is -3.26. The van der Waals surface area contributed by atoms with Gasteiger partial charge in [-0.1, -0.05) is 12.1 Å². The molecule has 2 aromatic heterocycles. The van der Waals surface area contributed by atoms with Crippen LogP contribution in [0.5, 0.6) is 0 Å². The van der Waals surface area contributed by atoms with E-state index in [1.807, 2.05) is 12.1 Å². The van der Waals surface area contributed by atoms with Crippen LogP contribution in [0, 0.1) is 11.7 Å². The minimum atomic E-state index is -3.26. The first kappa shape index (κ1) is 20.4. The minimum absolute atomic E-state index is 0.228. The Bertz CT molecular complexity index is 1370. The Morgan fingerprint density at radius 2 is 1.82 bits per heavy atom. The molecule has 3 unspecified atom stereocenters. The zero-order valence-electron chi connectivity index (χ0n) is 18.1. The van der Waals surface area contributed by atoms with Crippen molar-refractivity contribution >= 4 is 21.2 Å². The van der Waals surface area contributed by atoms with Crippen LogP contribution in [-0.4, -0.2) is 41.7 Å². The molecule has 0 radical (unpaired) electrons. The molecule has 168 valence electrons. The Hall–Kier alpha value is -3.26. The maximum atomic E-state index is 13.5. The van der Waals surface area contributed by atoms with Gasteiger partial charge in [0.1, 0.15) is 12.0 Å². The summed E-state index contributed by atoms with van der Waals surface area (Å²) >= 11 is 0. The zero-order chi connectivity index (χ0) is 22.7. The normalized spacial score (nSPS) is 23.7. The molecule has 2 fully saturated rings. The Morgan fingerprint density at radius 3 is 2.55 bits per heavy atom. The molecule has 3 aromatic rings. The maximum absolute atomic E-state index is 13.5. The van der Waals surface area contributed by atoms with Crippen molar-refractivity contribution in [1.29, 1.82) is 0 Å². The molecule has 1 aromatic carbocycles. The first-order valence-corrected chi connectivity index (χ1v) is 13.0. The Morgan fingerprint density at radius 1 is 1.00 bits per heavy atom. The van der Waals surface area contributed by atoms with Crippen LogP contribution in [0.3, 0.4) is 0 Å². The number of fused-ring (bicyclic) bond motifs is 5. The second-order valence-corrected chi connectivity index (χ2v) is 11.1. The molecule has 0 spiro atoms. The highest BCUT2D eigenvalue weighted by atomic mass is 32.2. The standard InChI is InChI=1S/C25H23FN4O2S/c1-33(31,32)20-7-3-15(4-8-20)22-13-16(10-11-27-22)24-23(21-9-5-18(26)14-28-21)29-25-17-2-6-19(12-17)30(24)25/h3-5,7-11,13-14,17,19,25,29H,2,6,12H2,1H3. The average molecular weight is 463 g/mol. The fraction of sp³-hybridized carbons (Fsp3) is 0.280. The number of benzene rings is 1. The van der Waals surface area contributed by atoms with Crippen molar-refractivity contribution in [3.63, 3.8) is 0 Å². The summed E-state index contributed by atoms with van der Waals surface area (Å²) in [6.07, 6.45) is 8.01. The monoisotopic (exact) mass is 462 g/mol. The van der Waals surface area contributed by atoms with E-state index in [4.69, 9.17) is 0 Å². The lowest BCUT2D eigenvalue weighted by atomic mass is 10.0. The quantitative estimate of drug-likeness (QED) is 0.633. The maximum Gasteiger partial charge on any atom is 0.175 e. The first-order valence-electron chi connectivity index (χ1n) is 11.1. The first-order chi connectivity index (χ1) is 15.9. The second-order valence-electron chi connectivity index (χ2n) is 9.03. The van der Waals surface area contributed by atoms with Crippen molar-refractivity contribution < 1.29 is 12.8 Å². The third kappa shape index (κ3) is 3.40. The van der Waals surface area contributed by atoms with Gasteiger partial charge in [-0.25, -0.2) is 12.8 Å². The lowest BCUT2D eigenvalue weighted by molar-refractivity contribution is 0.218. The number of hydrogen-bond donors (Lipinski definition) is 1. The number of sulfone groups is 1. The van der Waals surface area contributed by atoms with Gasteiger partial charge in [-0.2, -0.15) is 0 Å². The number of nitrogens with zero attached hydrogens (tertiary/aromatic N) is 3. The highest BCUT2D eigenvalue weighted by Crippen LogP contribution is 2.50. The van der Waals surface area contributed by atoms with Crippen LogP contribution in [0.15, 0.2) is 65.8 Å². The van der Waals surface area contributed by atoms with Crippen molar-refractivity contribution in [3.05, 3.63) is 78.0 Å². The van der Waals surface area contributed by atoms with E-state index >= 15 is 0 Å². The predicted octanol–water partition coefficient (Wildman–Crippen LogP) is 3.93. The van der Waals surface area contributed by atoms with E-state index in [1.165, 1.54) is 37.8 Å². The molecule has 3 aliphatic rings. The van der Waals surface area contributed by atoms with Crippen LogP contribution in [0.2, 0.25) is 0 Å². The van der Waals surface area contributed by atoms with Gasteiger partial charge < -0.3 is 10.2 Å². The van der Waals surface area contributed by atoms with Gasteiger partial charge in [-0.05, 0) is 61.6 Å². The van der Waals surface area contributed by atoms with E-state index in [2.05, 4.69) is 20.2 Å². The number of aromatic nitrogens is 2. The van der Waals surface area contributed by atoms with Crippen molar-refractivity contribution in [2.45, 2.75) is 36.4 Å². The van der Waals surface area contributed by atoms with Gasteiger partial charge in [0.25, 0.3) is 0 Å². The highest BCUT2D eigenvalue weighted by molar-refractivity contribution is 7.90. The van der Waals surface area contributed by atoms with Crippen molar-refractivity contribution in [2.75, 3.05) is 6.26 Å². The zero-order valence-corrected chi connectivity index (χ0v) is 18.9. The topological polar surface area (TPSA) is 75.2 Å². The SMILES string of the molecule is CS(=O)(=O)c1ccc(-c2cc(C3=C(c4ccc(F)cn4)NC4C5CCC(C5)N34)ccn2)cc1. The van der Waals surface area contributed by atoms with Gasteiger partial charge in [0.05, 0.1) is 33.9 Å². The molecule has 1 aliphatic carbocycles. The summed E-state index contributed by atoms with van der Waals surface area (Å²) in [5.74, 6) is 0.232. The van der Waals surface area contributed by atoms with Crippen LogP contribution < -0.4 is 5.32 Å². The van der Waals surface area contributed by atoms with E-state index in [0.717, 1.165) is 33.9 Å². The third-order valence-electron chi connectivity index (χ3n) is 6.97. The van der Waals surface area contributed by atoms with E-state index < -0.39 is 9.84 Å². The van der Waals surface area contributed by atoms with Gasteiger partial charge in [-0.15, -0.1) is 0 Å². The van der Waals surface area contributed by atoms with Gasteiger partial charge >= 0.3 is 0 Å². The number of piperidine rings is 1. The molecule has 0 amide bonds. The van der Waals surface area contributed by atoms with Crippen molar-refractivity contribution in [3.8, 4) is 11.3 Å². The average Bonchev–Trinajstić information content (AvgIpc) is 3.52. The van der Waals surface area contributed by atoms with E-state index in [1.54, 1.807) is 36.5 Å². The van der Waals surface area contributed by atoms with Crippen LogP contribution in [0.4, 0.5) is 4.39 Å². The molecule has 3 atom stereocenters. The molecule has 33 heavy (non-hydrogen) atoms. The summed E-state index contributed by atoms with van der Waals surface area (Å²) in [6.45, 7) is 0. The number of rotatable bonds is 4. The summed E-state index contributed by atoms with van der Waals surface area (Å²) in [4.78, 5) is 11.6. The van der Waals surface area contributed by atoms with Crippen molar-refractivity contribution in [1.82, 2.24) is 20.2 Å². The summed E-state index contributed by atoms with van der Waals surface area (Å²) in [5.41, 5.74) is 5.33. The molecule has 6 rings (SSSR count). The molecule has 6 nitrogen and oxygen atoms in total. The van der Waals surface area contributed by atoms with E-state index in [0.29, 0.717) is 12.0 Å².